The van der Waals surface area contributed by atoms with Crippen LogP contribution in [-0.4, -0.2) is 31.1 Å². The van der Waals surface area contributed by atoms with Gasteiger partial charge >= 0.3 is 0 Å². The molecule has 1 aromatic heterocycles. The minimum Gasteiger partial charge on any atom is -0.314 e. The van der Waals surface area contributed by atoms with Crippen molar-refractivity contribution < 1.29 is 0 Å². The number of hydrogen-bond acceptors (Lipinski definition) is 3. The number of piperazine rings is 1. The Labute approximate surface area is 147 Å². The van der Waals surface area contributed by atoms with Gasteiger partial charge in [-0.15, -0.1) is 36.2 Å². The third-order valence-corrected chi connectivity index (χ3v) is 4.65. The van der Waals surface area contributed by atoms with Crippen molar-refractivity contribution in [3.05, 3.63) is 57.2 Å². The highest BCUT2D eigenvalue weighted by Gasteiger charge is 2.24. The second-order valence-electron chi connectivity index (χ2n) is 4.76. The molecule has 21 heavy (non-hydrogen) atoms. The molecule has 1 aliphatic heterocycles. The van der Waals surface area contributed by atoms with Crippen molar-refractivity contribution in [1.82, 2.24) is 10.2 Å². The molecular formula is C15H19Cl3N2S. The van der Waals surface area contributed by atoms with Crippen LogP contribution in [0, 0.1) is 0 Å². The zero-order chi connectivity index (χ0) is 13.1. The smallest absolute Gasteiger partial charge is 0.0697 e. The Bertz CT molecular complexity index is 527. The van der Waals surface area contributed by atoms with Gasteiger partial charge in [-0.2, -0.15) is 0 Å². The molecule has 1 fully saturated rings. The molecular weight excluding hydrogens is 347 g/mol. The predicted octanol–water partition coefficient (Wildman–Crippen LogP) is 4.24. The Kier molecular flexibility index (Phi) is 8.03. The SMILES string of the molecule is Cl.Cl.Clc1cccc([C@@H](c2cccs2)N2CCNCC2)c1. The highest BCUT2D eigenvalue weighted by atomic mass is 35.5. The van der Waals surface area contributed by atoms with Gasteiger partial charge in [-0.1, -0.05) is 29.8 Å². The maximum absolute atomic E-state index is 6.16. The van der Waals surface area contributed by atoms with Gasteiger partial charge in [0.05, 0.1) is 6.04 Å². The second kappa shape index (κ2) is 8.99. The first kappa shape index (κ1) is 18.8. The molecule has 3 rings (SSSR count). The summed E-state index contributed by atoms with van der Waals surface area (Å²) in [6.07, 6.45) is 0. The molecule has 0 radical (unpaired) electrons. The molecule has 0 saturated carbocycles. The summed E-state index contributed by atoms with van der Waals surface area (Å²) in [5.41, 5.74) is 1.29. The number of halogens is 3. The lowest BCUT2D eigenvalue weighted by molar-refractivity contribution is 0.200. The fraction of sp³-hybridized carbons (Fsp3) is 0.333. The first-order valence-electron chi connectivity index (χ1n) is 6.58. The van der Waals surface area contributed by atoms with E-state index in [0.29, 0.717) is 6.04 Å². The van der Waals surface area contributed by atoms with Crippen LogP contribution in [0.3, 0.4) is 0 Å². The van der Waals surface area contributed by atoms with E-state index in [1.807, 2.05) is 23.5 Å². The van der Waals surface area contributed by atoms with Crippen LogP contribution in [0.2, 0.25) is 5.02 Å². The van der Waals surface area contributed by atoms with E-state index < -0.39 is 0 Å². The highest BCUT2D eigenvalue weighted by molar-refractivity contribution is 7.10. The standard InChI is InChI=1S/C15H17ClN2S.2ClH/c16-13-4-1-3-12(11-13)15(14-5-2-10-19-14)18-8-6-17-7-9-18;;/h1-5,10-11,15,17H,6-9H2;2*1H/t15-;;/m0../s1. The topological polar surface area (TPSA) is 15.3 Å². The van der Waals surface area contributed by atoms with E-state index in [4.69, 9.17) is 11.6 Å². The summed E-state index contributed by atoms with van der Waals surface area (Å²) in [7, 11) is 0. The fourth-order valence-corrected chi connectivity index (χ4v) is 3.70. The van der Waals surface area contributed by atoms with Crippen molar-refractivity contribution in [3.8, 4) is 0 Å². The molecule has 0 bridgehead atoms. The molecule has 1 aliphatic rings. The average molecular weight is 366 g/mol. The maximum atomic E-state index is 6.16. The summed E-state index contributed by atoms with van der Waals surface area (Å²) >= 11 is 7.98. The Morgan fingerprint density at radius 1 is 1.10 bits per heavy atom. The van der Waals surface area contributed by atoms with Gasteiger partial charge in [0.15, 0.2) is 0 Å². The molecule has 0 spiro atoms. The molecule has 1 atom stereocenters. The van der Waals surface area contributed by atoms with Crippen molar-refractivity contribution in [2.45, 2.75) is 6.04 Å². The van der Waals surface area contributed by atoms with E-state index in [1.165, 1.54) is 10.4 Å². The summed E-state index contributed by atoms with van der Waals surface area (Å²) in [6, 6.07) is 12.9. The fourth-order valence-electron chi connectivity index (χ4n) is 2.62. The lowest BCUT2D eigenvalue weighted by Crippen LogP contribution is -2.45. The van der Waals surface area contributed by atoms with Gasteiger partial charge in [-0.05, 0) is 29.1 Å². The number of nitrogens with zero attached hydrogens (tertiary/aromatic N) is 1. The van der Waals surface area contributed by atoms with Crippen LogP contribution in [0.4, 0.5) is 0 Å². The van der Waals surface area contributed by atoms with Gasteiger partial charge in [0.25, 0.3) is 0 Å². The number of thiophene rings is 1. The lowest BCUT2D eigenvalue weighted by Gasteiger charge is -2.34. The van der Waals surface area contributed by atoms with E-state index >= 15 is 0 Å². The van der Waals surface area contributed by atoms with Gasteiger partial charge in [0, 0.05) is 36.1 Å². The zero-order valence-electron chi connectivity index (χ0n) is 11.5. The van der Waals surface area contributed by atoms with Crippen molar-refractivity contribution in [2.75, 3.05) is 26.2 Å². The van der Waals surface area contributed by atoms with Gasteiger partial charge in [0.1, 0.15) is 0 Å². The Morgan fingerprint density at radius 3 is 2.48 bits per heavy atom. The van der Waals surface area contributed by atoms with E-state index in [9.17, 15) is 0 Å². The Hall–Kier alpha value is -0.290. The van der Waals surface area contributed by atoms with Crippen LogP contribution >= 0.6 is 47.8 Å². The molecule has 1 saturated heterocycles. The van der Waals surface area contributed by atoms with Gasteiger partial charge < -0.3 is 5.32 Å². The largest absolute Gasteiger partial charge is 0.314 e. The van der Waals surface area contributed by atoms with Crippen molar-refractivity contribution >= 4 is 47.8 Å². The highest BCUT2D eigenvalue weighted by Crippen LogP contribution is 2.32. The molecule has 1 N–H and O–H groups in total. The summed E-state index contributed by atoms with van der Waals surface area (Å²) in [6.45, 7) is 4.27. The summed E-state index contributed by atoms with van der Waals surface area (Å²) in [4.78, 5) is 3.93. The van der Waals surface area contributed by atoms with E-state index in [2.05, 4.69) is 39.9 Å². The van der Waals surface area contributed by atoms with Crippen LogP contribution in [0.5, 0.6) is 0 Å². The maximum Gasteiger partial charge on any atom is 0.0697 e. The molecule has 2 nitrogen and oxygen atoms in total. The molecule has 6 heteroatoms. The number of benzene rings is 1. The molecule has 2 aromatic rings. The molecule has 0 aliphatic carbocycles. The quantitative estimate of drug-likeness (QED) is 0.875. The van der Waals surface area contributed by atoms with Gasteiger partial charge in [0.2, 0.25) is 0 Å². The van der Waals surface area contributed by atoms with Crippen LogP contribution < -0.4 is 5.32 Å². The normalized spacial score (nSPS) is 16.6. The summed E-state index contributed by atoms with van der Waals surface area (Å²) in [5, 5.41) is 6.38. The molecule has 116 valence electrons. The van der Waals surface area contributed by atoms with Crippen molar-refractivity contribution in [2.24, 2.45) is 0 Å². The van der Waals surface area contributed by atoms with E-state index in [1.54, 1.807) is 0 Å². The number of hydrogen-bond donors (Lipinski definition) is 1. The van der Waals surface area contributed by atoms with Gasteiger partial charge in [-0.3, -0.25) is 4.90 Å². The van der Waals surface area contributed by atoms with Crippen LogP contribution in [-0.2, 0) is 0 Å². The molecule has 0 unspecified atom stereocenters. The summed E-state index contributed by atoms with van der Waals surface area (Å²) in [5.74, 6) is 0. The van der Waals surface area contributed by atoms with Crippen molar-refractivity contribution in [1.29, 1.82) is 0 Å². The first-order chi connectivity index (χ1) is 9.34. The monoisotopic (exact) mass is 364 g/mol. The number of nitrogens with one attached hydrogen (secondary N) is 1. The van der Waals surface area contributed by atoms with Crippen LogP contribution in [0.25, 0.3) is 0 Å². The third kappa shape index (κ3) is 4.59. The summed E-state index contributed by atoms with van der Waals surface area (Å²) < 4.78 is 0. The minimum absolute atomic E-state index is 0. The second-order valence-corrected chi connectivity index (χ2v) is 6.17. The third-order valence-electron chi connectivity index (χ3n) is 3.49. The molecule has 1 aromatic carbocycles. The average Bonchev–Trinajstić information content (AvgIpc) is 2.94. The van der Waals surface area contributed by atoms with Crippen molar-refractivity contribution in [3.63, 3.8) is 0 Å². The lowest BCUT2D eigenvalue weighted by atomic mass is 10.0. The van der Waals surface area contributed by atoms with Gasteiger partial charge in [-0.25, -0.2) is 0 Å². The van der Waals surface area contributed by atoms with Crippen LogP contribution in [0.15, 0.2) is 41.8 Å². The Morgan fingerprint density at radius 2 is 1.86 bits per heavy atom. The molecule has 2 heterocycles. The Balaban J connectivity index is 0.00000110. The minimum atomic E-state index is 0. The predicted molar refractivity (Wildman–Crippen MR) is 96.6 cm³/mol. The van der Waals surface area contributed by atoms with Crippen LogP contribution in [0.1, 0.15) is 16.5 Å². The number of rotatable bonds is 3. The van der Waals surface area contributed by atoms with E-state index in [0.717, 1.165) is 31.2 Å². The molecule has 0 amide bonds. The zero-order valence-corrected chi connectivity index (χ0v) is 14.7. The van der Waals surface area contributed by atoms with E-state index in [-0.39, 0.29) is 24.8 Å². The first-order valence-corrected chi connectivity index (χ1v) is 7.84.